The van der Waals surface area contributed by atoms with Gasteiger partial charge >= 0.3 is 6.03 Å². The Morgan fingerprint density at radius 3 is 2.67 bits per heavy atom. The largest absolute Gasteiger partial charge is 0.370 e. The summed E-state index contributed by atoms with van der Waals surface area (Å²) in [5.74, 6) is 0.182. The number of urea groups is 1. The molecule has 0 radical (unpaired) electrons. The standard InChI is InChI=1S/C19H29N3O2/c1-13(2)18(16-9-5-4-7-14(16)3)21-19(24)22-10-6-8-15(12-22)11-17(20)23/h4-5,7,9,13,15,18H,6,8,10-12H2,1-3H3,(H2,20,23)(H,21,24)/t15-,18+/m0/s1. The summed E-state index contributed by atoms with van der Waals surface area (Å²) >= 11 is 0. The molecule has 0 spiro atoms. The van der Waals surface area contributed by atoms with Crippen LogP contribution in [0.3, 0.4) is 0 Å². The first-order valence-corrected chi connectivity index (χ1v) is 8.77. The molecule has 5 nitrogen and oxygen atoms in total. The van der Waals surface area contributed by atoms with Crippen LogP contribution in [0.25, 0.3) is 0 Å². The van der Waals surface area contributed by atoms with Crippen LogP contribution in [0.2, 0.25) is 0 Å². The molecule has 1 aliphatic heterocycles. The third kappa shape index (κ3) is 4.73. The number of hydrogen-bond acceptors (Lipinski definition) is 2. The monoisotopic (exact) mass is 331 g/mol. The molecule has 0 aromatic heterocycles. The summed E-state index contributed by atoms with van der Waals surface area (Å²) in [6.07, 6.45) is 2.23. The number of carbonyl (C=O) groups is 2. The van der Waals surface area contributed by atoms with Gasteiger partial charge in [0.05, 0.1) is 6.04 Å². The molecule has 1 saturated heterocycles. The summed E-state index contributed by atoms with van der Waals surface area (Å²) in [5, 5.41) is 3.19. The number of hydrogen-bond donors (Lipinski definition) is 2. The Bertz CT molecular complexity index is 586. The van der Waals surface area contributed by atoms with Crippen LogP contribution in [0.1, 0.15) is 50.3 Å². The minimum atomic E-state index is -0.290. The van der Waals surface area contributed by atoms with Gasteiger partial charge in [-0.3, -0.25) is 4.79 Å². The SMILES string of the molecule is Cc1ccccc1[C@H](NC(=O)N1CCC[C@@H](CC(N)=O)C1)C(C)C. The number of rotatable bonds is 5. The van der Waals surface area contributed by atoms with Crippen LogP contribution < -0.4 is 11.1 Å². The zero-order chi connectivity index (χ0) is 17.7. The number of primary amides is 1. The average Bonchev–Trinajstić information content (AvgIpc) is 2.52. The number of carbonyl (C=O) groups excluding carboxylic acids is 2. The Morgan fingerprint density at radius 1 is 1.33 bits per heavy atom. The van der Waals surface area contributed by atoms with Crippen LogP contribution in [0, 0.1) is 18.8 Å². The minimum Gasteiger partial charge on any atom is -0.370 e. The molecule has 3 N–H and O–H groups in total. The lowest BCUT2D eigenvalue weighted by Gasteiger charge is -2.34. The van der Waals surface area contributed by atoms with Crippen LogP contribution in [0.15, 0.2) is 24.3 Å². The highest BCUT2D eigenvalue weighted by molar-refractivity contribution is 5.76. The van der Waals surface area contributed by atoms with Gasteiger partial charge < -0.3 is 16.0 Å². The van der Waals surface area contributed by atoms with E-state index in [9.17, 15) is 9.59 Å². The number of piperidine rings is 1. The topological polar surface area (TPSA) is 75.4 Å². The van der Waals surface area contributed by atoms with Crippen LogP contribution >= 0.6 is 0 Å². The van der Waals surface area contributed by atoms with Crippen molar-refractivity contribution < 1.29 is 9.59 Å². The molecule has 5 heteroatoms. The van der Waals surface area contributed by atoms with E-state index in [0.717, 1.165) is 24.9 Å². The number of benzene rings is 1. The molecular formula is C19H29N3O2. The lowest BCUT2D eigenvalue weighted by Crippen LogP contribution is -2.47. The number of likely N-dealkylation sites (tertiary alicyclic amines) is 1. The second kappa shape index (κ2) is 8.18. The molecule has 1 aromatic rings. The first kappa shape index (κ1) is 18.3. The van der Waals surface area contributed by atoms with Gasteiger partial charge in [0.25, 0.3) is 0 Å². The van der Waals surface area contributed by atoms with Gasteiger partial charge in [-0.15, -0.1) is 0 Å². The minimum absolute atomic E-state index is 0.0183. The van der Waals surface area contributed by atoms with Crippen molar-refractivity contribution in [3.8, 4) is 0 Å². The van der Waals surface area contributed by atoms with Gasteiger partial charge in [-0.1, -0.05) is 38.1 Å². The normalized spacial score (nSPS) is 19.2. The first-order chi connectivity index (χ1) is 11.4. The van der Waals surface area contributed by atoms with E-state index >= 15 is 0 Å². The van der Waals surface area contributed by atoms with Crippen molar-refractivity contribution in [2.45, 2.75) is 46.1 Å². The molecule has 1 fully saturated rings. The number of aryl methyl sites for hydroxylation is 1. The fourth-order valence-corrected chi connectivity index (χ4v) is 3.46. The second-order valence-corrected chi connectivity index (χ2v) is 7.15. The number of amides is 3. The van der Waals surface area contributed by atoms with Gasteiger partial charge in [0.1, 0.15) is 0 Å². The third-order valence-electron chi connectivity index (χ3n) is 4.77. The summed E-state index contributed by atoms with van der Waals surface area (Å²) in [4.78, 5) is 25.7. The zero-order valence-corrected chi connectivity index (χ0v) is 14.9. The number of nitrogens with two attached hydrogens (primary N) is 1. The number of nitrogens with zero attached hydrogens (tertiary/aromatic N) is 1. The molecule has 24 heavy (non-hydrogen) atoms. The molecule has 0 unspecified atom stereocenters. The Morgan fingerprint density at radius 2 is 2.04 bits per heavy atom. The molecule has 0 aliphatic carbocycles. The Hall–Kier alpha value is -2.04. The van der Waals surface area contributed by atoms with Gasteiger partial charge in [0, 0.05) is 19.5 Å². The first-order valence-electron chi connectivity index (χ1n) is 8.77. The van der Waals surface area contributed by atoms with E-state index in [4.69, 9.17) is 5.73 Å². The Kier molecular flexibility index (Phi) is 6.23. The van der Waals surface area contributed by atoms with E-state index in [0.29, 0.717) is 18.9 Å². The summed E-state index contributed by atoms with van der Waals surface area (Å²) in [6, 6.07) is 8.10. The average molecular weight is 331 g/mol. The highest BCUT2D eigenvalue weighted by atomic mass is 16.2. The molecule has 0 bridgehead atoms. The molecular weight excluding hydrogens is 302 g/mol. The van der Waals surface area contributed by atoms with Crippen molar-refractivity contribution in [3.63, 3.8) is 0 Å². The summed E-state index contributed by atoms with van der Waals surface area (Å²) < 4.78 is 0. The van der Waals surface area contributed by atoms with Crippen molar-refractivity contribution in [3.05, 3.63) is 35.4 Å². The Balaban J connectivity index is 2.05. The van der Waals surface area contributed by atoms with Gasteiger partial charge in [-0.25, -0.2) is 4.79 Å². The zero-order valence-electron chi connectivity index (χ0n) is 14.9. The molecule has 1 heterocycles. The summed E-state index contributed by atoms with van der Waals surface area (Å²) in [5.41, 5.74) is 7.64. The Labute approximate surface area is 144 Å². The van der Waals surface area contributed by atoms with Crippen molar-refractivity contribution >= 4 is 11.9 Å². The maximum atomic E-state index is 12.7. The van der Waals surface area contributed by atoms with Crippen LogP contribution in [-0.2, 0) is 4.79 Å². The van der Waals surface area contributed by atoms with E-state index in [1.54, 1.807) is 0 Å². The fourth-order valence-electron chi connectivity index (χ4n) is 3.46. The molecule has 132 valence electrons. The van der Waals surface area contributed by atoms with E-state index < -0.39 is 0 Å². The van der Waals surface area contributed by atoms with E-state index in [2.05, 4.69) is 38.2 Å². The highest BCUT2D eigenvalue weighted by Gasteiger charge is 2.27. The lowest BCUT2D eigenvalue weighted by molar-refractivity contribution is -0.119. The smallest absolute Gasteiger partial charge is 0.317 e. The van der Waals surface area contributed by atoms with Crippen LogP contribution in [0.5, 0.6) is 0 Å². The van der Waals surface area contributed by atoms with Crippen molar-refractivity contribution in [2.24, 2.45) is 17.6 Å². The molecule has 2 atom stereocenters. The maximum Gasteiger partial charge on any atom is 0.317 e. The van der Waals surface area contributed by atoms with Crippen LogP contribution in [0.4, 0.5) is 4.79 Å². The van der Waals surface area contributed by atoms with Crippen molar-refractivity contribution in [1.82, 2.24) is 10.2 Å². The van der Waals surface area contributed by atoms with Gasteiger partial charge in [0.15, 0.2) is 0 Å². The van der Waals surface area contributed by atoms with Crippen molar-refractivity contribution in [2.75, 3.05) is 13.1 Å². The molecule has 3 amide bonds. The van der Waals surface area contributed by atoms with Gasteiger partial charge in [-0.2, -0.15) is 0 Å². The molecule has 2 rings (SSSR count). The second-order valence-electron chi connectivity index (χ2n) is 7.15. The summed E-state index contributed by atoms with van der Waals surface area (Å²) in [6.45, 7) is 7.64. The van der Waals surface area contributed by atoms with Crippen LogP contribution in [-0.4, -0.2) is 29.9 Å². The van der Waals surface area contributed by atoms with Crippen molar-refractivity contribution in [1.29, 1.82) is 0 Å². The highest BCUT2D eigenvalue weighted by Crippen LogP contribution is 2.26. The lowest BCUT2D eigenvalue weighted by atomic mass is 9.92. The molecule has 1 aromatic carbocycles. The maximum absolute atomic E-state index is 12.7. The summed E-state index contributed by atoms with van der Waals surface area (Å²) in [7, 11) is 0. The van der Waals surface area contributed by atoms with Gasteiger partial charge in [-0.05, 0) is 42.7 Å². The van der Waals surface area contributed by atoms with E-state index in [1.165, 1.54) is 5.56 Å². The fraction of sp³-hybridized carbons (Fsp3) is 0.579. The predicted molar refractivity (Wildman–Crippen MR) is 95.4 cm³/mol. The quantitative estimate of drug-likeness (QED) is 0.870. The van der Waals surface area contributed by atoms with E-state index in [-0.39, 0.29) is 23.9 Å². The van der Waals surface area contributed by atoms with Gasteiger partial charge in [0.2, 0.25) is 5.91 Å². The predicted octanol–water partition coefficient (Wildman–Crippen LogP) is 2.99. The molecule has 0 saturated carbocycles. The van der Waals surface area contributed by atoms with E-state index in [1.807, 2.05) is 17.0 Å². The third-order valence-corrected chi connectivity index (χ3v) is 4.77. The molecule has 1 aliphatic rings. The number of nitrogens with one attached hydrogen (secondary N) is 1.